The fourth-order valence-corrected chi connectivity index (χ4v) is 6.47. The number of ether oxygens (including phenoxy) is 3. The van der Waals surface area contributed by atoms with Crippen LogP contribution in [0.1, 0.15) is 43.2 Å². The normalized spacial score (nSPS) is 20.4. The Morgan fingerprint density at radius 2 is 1.56 bits per heavy atom. The van der Waals surface area contributed by atoms with Crippen LogP contribution in [0.25, 0.3) is 11.2 Å². The lowest BCUT2D eigenvalue weighted by Crippen LogP contribution is -2.38. The Morgan fingerprint density at radius 1 is 0.907 bits per heavy atom. The molecule has 222 valence electrons. The van der Waals surface area contributed by atoms with Crippen molar-refractivity contribution in [3.05, 3.63) is 114 Å². The summed E-state index contributed by atoms with van der Waals surface area (Å²) in [5.41, 5.74) is 3.74. The molecule has 0 amide bonds. The summed E-state index contributed by atoms with van der Waals surface area (Å²) in [7, 11) is 1.68. The number of benzene rings is 3. The summed E-state index contributed by atoms with van der Waals surface area (Å²) in [4.78, 5) is 14.3. The molecule has 0 spiro atoms. The molecule has 0 saturated carbocycles. The maximum Gasteiger partial charge on any atom is 0.167 e. The second-order valence-corrected chi connectivity index (χ2v) is 11.6. The minimum Gasteiger partial charge on any atom is -0.497 e. The van der Waals surface area contributed by atoms with Crippen molar-refractivity contribution in [1.82, 2.24) is 19.5 Å². The zero-order valence-electron chi connectivity index (χ0n) is 24.9. The number of thioether (sulfide) groups is 1. The second-order valence-electron chi connectivity index (χ2n) is 10.8. The molecule has 8 nitrogen and oxygen atoms in total. The smallest absolute Gasteiger partial charge is 0.167 e. The Bertz CT molecular complexity index is 1590. The molecule has 6 rings (SSSR count). The molecular weight excluding hydrogens is 558 g/mol. The van der Waals surface area contributed by atoms with Gasteiger partial charge in [0.2, 0.25) is 0 Å². The van der Waals surface area contributed by atoms with Gasteiger partial charge in [-0.3, -0.25) is 4.57 Å². The Balaban J connectivity index is 1.47. The van der Waals surface area contributed by atoms with Crippen LogP contribution in [-0.2, 0) is 15.0 Å². The lowest BCUT2D eigenvalue weighted by atomic mass is 9.77. The number of hydrogen-bond donors (Lipinski definition) is 1. The number of nitrogens with one attached hydrogen (secondary N) is 1. The van der Waals surface area contributed by atoms with Crippen LogP contribution in [0.5, 0.6) is 5.75 Å². The molecule has 1 fully saturated rings. The van der Waals surface area contributed by atoms with E-state index >= 15 is 0 Å². The Hall–Kier alpha value is -3.92. The van der Waals surface area contributed by atoms with Crippen molar-refractivity contribution >= 4 is 28.7 Å². The average Bonchev–Trinajstić information content (AvgIpc) is 3.64. The van der Waals surface area contributed by atoms with Crippen molar-refractivity contribution < 1.29 is 14.2 Å². The fourth-order valence-electron chi connectivity index (χ4n) is 6.18. The first-order valence-corrected chi connectivity index (χ1v) is 16.0. The van der Waals surface area contributed by atoms with E-state index in [0.717, 1.165) is 28.9 Å². The minimum absolute atomic E-state index is 0.00165. The molecule has 0 radical (unpaired) electrons. The van der Waals surface area contributed by atoms with E-state index in [1.807, 2.05) is 41.4 Å². The molecule has 0 aliphatic carbocycles. The Morgan fingerprint density at radius 3 is 2.16 bits per heavy atom. The third kappa shape index (κ3) is 5.37. The summed E-state index contributed by atoms with van der Waals surface area (Å²) in [5, 5.41) is 3.86. The van der Waals surface area contributed by atoms with Crippen molar-refractivity contribution in [3.8, 4) is 5.75 Å². The van der Waals surface area contributed by atoms with Crippen LogP contribution < -0.4 is 10.1 Å². The van der Waals surface area contributed by atoms with Crippen LogP contribution in [0.15, 0.2) is 97.6 Å². The molecule has 9 heteroatoms. The van der Waals surface area contributed by atoms with Crippen molar-refractivity contribution in [2.45, 2.75) is 44.2 Å². The van der Waals surface area contributed by atoms with Crippen molar-refractivity contribution in [1.29, 1.82) is 0 Å². The van der Waals surface area contributed by atoms with Gasteiger partial charge in [-0.2, -0.15) is 0 Å². The molecule has 1 aliphatic heterocycles. The molecule has 3 aromatic carbocycles. The molecule has 2 unspecified atom stereocenters. The minimum atomic E-state index is -0.791. The Labute approximate surface area is 256 Å². The lowest BCUT2D eigenvalue weighted by molar-refractivity contribution is -0.0301. The maximum absolute atomic E-state index is 6.55. The molecule has 1 saturated heterocycles. The number of hydrogen-bond acceptors (Lipinski definition) is 8. The van der Waals surface area contributed by atoms with Crippen LogP contribution in [0.2, 0.25) is 0 Å². The molecule has 2 aromatic heterocycles. The van der Waals surface area contributed by atoms with Gasteiger partial charge in [0.1, 0.15) is 23.8 Å². The first-order chi connectivity index (χ1) is 21.1. The molecule has 3 heterocycles. The number of imidazole rings is 1. The van der Waals surface area contributed by atoms with Crippen LogP contribution in [-0.4, -0.2) is 51.0 Å². The molecule has 43 heavy (non-hydrogen) atoms. The van der Waals surface area contributed by atoms with E-state index in [0.29, 0.717) is 22.9 Å². The standard InChI is InChI=1S/C34H37N5O3S/c1-5-28-30(41-22-43-4)23(2)33(42-28)39-21-37-29-31(35-20-36-32(29)39)38-34(24-12-8-6-9-13-24,25-14-10-7-11-15-25)26-16-18-27(40-3)19-17-26/h6-21,23,28,30,33H,5,22H2,1-4H3,(H,35,36,38)/t23?,28-,30?,33-/m1/s1. The van der Waals surface area contributed by atoms with Gasteiger partial charge in [0.05, 0.1) is 31.6 Å². The van der Waals surface area contributed by atoms with Crippen molar-refractivity contribution in [2.75, 3.05) is 24.6 Å². The molecule has 1 aliphatic rings. The summed E-state index contributed by atoms with van der Waals surface area (Å²) in [6, 6.07) is 29.0. The largest absolute Gasteiger partial charge is 0.497 e. The third-order valence-electron chi connectivity index (χ3n) is 8.30. The number of nitrogens with zero attached hydrogens (tertiary/aromatic N) is 4. The summed E-state index contributed by atoms with van der Waals surface area (Å²) in [5.74, 6) is 2.17. The zero-order valence-corrected chi connectivity index (χ0v) is 25.7. The van der Waals surface area contributed by atoms with E-state index in [2.05, 4.69) is 79.8 Å². The predicted octanol–water partition coefficient (Wildman–Crippen LogP) is 6.89. The summed E-state index contributed by atoms with van der Waals surface area (Å²) in [6.45, 7) is 4.31. The Kier molecular flexibility index (Phi) is 8.65. The van der Waals surface area contributed by atoms with Crippen molar-refractivity contribution in [2.24, 2.45) is 5.92 Å². The van der Waals surface area contributed by atoms with Gasteiger partial charge in [-0.15, -0.1) is 11.8 Å². The van der Waals surface area contributed by atoms with E-state index in [9.17, 15) is 0 Å². The maximum atomic E-state index is 6.55. The zero-order chi connectivity index (χ0) is 29.8. The molecule has 0 bridgehead atoms. The second kappa shape index (κ2) is 12.8. The van der Waals surface area contributed by atoms with E-state index in [1.165, 1.54) is 0 Å². The summed E-state index contributed by atoms with van der Waals surface area (Å²) < 4.78 is 20.3. The monoisotopic (exact) mass is 595 g/mol. The van der Waals surface area contributed by atoms with Gasteiger partial charge in [-0.05, 0) is 41.5 Å². The molecule has 1 N–H and O–H groups in total. The van der Waals surface area contributed by atoms with Crippen LogP contribution in [0, 0.1) is 5.92 Å². The highest BCUT2D eigenvalue weighted by atomic mass is 32.2. The van der Waals surface area contributed by atoms with Crippen LogP contribution in [0.4, 0.5) is 5.82 Å². The van der Waals surface area contributed by atoms with Crippen molar-refractivity contribution in [3.63, 3.8) is 0 Å². The van der Waals surface area contributed by atoms with Gasteiger partial charge in [0.25, 0.3) is 0 Å². The molecule has 5 aromatic rings. The lowest BCUT2D eigenvalue weighted by Gasteiger charge is -2.37. The fraction of sp³-hybridized carbons (Fsp3) is 0.324. The summed E-state index contributed by atoms with van der Waals surface area (Å²) >= 11 is 1.68. The number of fused-ring (bicyclic) bond motifs is 1. The number of aromatic nitrogens is 4. The topological polar surface area (TPSA) is 83.3 Å². The number of anilines is 1. The highest BCUT2D eigenvalue weighted by Gasteiger charge is 2.44. The van der Waals surface area contributed by atoms with E-state index in [4.69, 9.17) is 29.2 Å². The highest BCUT2D eigenvalue weighted by Crippen LogP contribution is 2.43. The predicted molar refractivity (Wildman–Crippen MR) is 171 cm³/mol. The van der Waals surface area contributed by atoms with Crippen LogP contribution in [0.3, 0.4) is 0 Å². The first kappa shape index (κ1) is 29.2. The SMILES string of the molecule is CC[C@H]1O[C@@H](n2cnc3c(NC(c4ccccc4)(c4ccccc4)c4ccc(OC)cc4)ncnc32)C(C)C1OCSC. The highest BCUT2D eigenvalue weighted by molar-refractivity contribution is 7.98. The quantitative estimate of drug-likeness (QED) is 0.131. The molecule has 4 atom stereocenters. The number of rotatable bonds is 11. The third-order valence-corrected chi connectivity index (χ3v) is 8.68. The summed E-state index contributed by atoms with van der Waals surface area (Å²) in [6.07, 6.45) is 6.07. The van der Waals surface area contributed by atoms with Crippen LogP contribution >= 0.6 is 11.8 Å². The van der Waals surface area contributed by atoms with Gasteiger partial charge in [0, 0.05) is 5.92 Å². The first-order valence-electron chi connectivity index (χ1n) is 14.6. The van der Waals surface area contributed by atoms with E-state index in [-0.39, 0.29) is 24.4 Å². The van der Waals surface area contributed by atoms with Gasteiger partial charge in [-0.1, -0.05) is 86.6 Å². The van der Waals surface area contributed by atoms with Gasteiger partial charge in [-0.25, -0.2) is 15.0 Å². The van der Waals surface area contributed by atoms with E-state index < -0.39 is 5.54 Å². The molecular formula is C34H37N5O3S. The van der Waals surface area contributed by atoms with Gasteiger partial charge < -0.3 is 19.5 Å². The van der Waals surface area contributed by atoms with Gasteiger partial charge in [0.15, 0.2) is 17.0 Å². The van der Waals surface area contributed by atoms with E-state index in [1.54, 1.807) is 25.2 Å². The average molecular weight is 596 g/mol. The number of methoxy groups -OCH3 is 1. The van der Waals surface area contributed by atoms with Gasteiger partial charge >= 0.3 is 0 Å².